The average molecular weight is 598 g/mol. The maximum absolute atomic E-state index is 12.8. The van der Waals surface area contributed by atoms with Gasteiger partial charge in [-0.15, -0.1) is 0 Å². The van der Waals surface area contributed by atoms with E-state index in [0.717, 1.165) is 5.56 Å². The average Bonchev–Trinajstić information content (AvgIpc) is 3.02. The lowest BCUT2D eigenvalue weighted by Crippen LogP contribution is -2.18. The molecule has 0 unspecified atom stereocenters. The van der Waals surface area contributed by atoms with Crippen molar-refractivity contribution >= 4 is 47.4 Å². The summed E-state index contributed by atoms with van der Waals surface area (Å²) in [6.45, 7) is 2.16. The number of hydrogen-bond acceptors (Lipinski definition) is 7. The lowest BCUT2D eigenvalue weighted by molar-refractivity contribution is -0.129. The van der Waals surface area contributed by atoms with Crippen LogP contribution in [0.4, 0.5) is 5.69 Å². The Morgan fingerprint density at radius 1 is 0.837 bits per heavy atom. The van der Waals surface area contributed by atoms with E-state index >= 15 is 0 Å². The molecule has 0 spiro atoms. The first-order valence-corrected chi connectivity index (χ1v) is 13.5. The lowest BCUT2D eigenvalue weighted by atomic mass is 10.1. The zero-order valence-electron chi connectivity index (χ0n) is 23.4. The van der Waals surface area contributed by atoms with Crippen LogP contribution in [0.5, 0.6) is 17.2 Å². The maximum atomic E-state index is 12.8. The largest absolute Gasteiger partial charge is 0.496 e. The van der Waals surface area contributed by atoms with Crippen molar-refractivity contribution in [2.75, 3.05) is 19.0 Å². The van der Waals surface area contributed by atoms with E-state index < -0.39 is 17.8 Å². The van der Waals surface area contributed by atoms with E-state index in [1.807, 2.05) is 37.3 Å². The van der Waals surface area contributed by atoms with Crippen LogP contribution in [0.2, 0.25) is 5.02 Å². The number of benzene rings is 4. The predicted molar refractivity (Wildman–Crippen MR) is 166 cm³/mol. The molecule has 0 heterocycles. The molecule has 0 aromatic heterocycles. The molecule has 10 heteroatoms. The standard InChI is InChI=1S/C33H28ClN3O6/c1-3-42-30-18-23(12-15-29(30)43-31(38)17-13-22-8-5-4-6-9-22)21-35-37-32(39)24-10-7-11-26(19-24)36-33(40)27-20-25(34)14-16-28(27)41-2/h4-21H,3H2,1-2H3,(H,36,40)(H,37,39)/b17-13+,35-21?. The number of nitrogens with zero attached hydrogens (tertiary/aromatic N) is 1. The van der Waals surface area contributed by atoms with Gasteiger partial charge in [0.25, 0.3) is 11.8 Å². The van der Waals surface area contributed by atoms with Gasteiger partial charge in [-0.25, -0.2) is 10.2 Å². The molecule has 2 N–H and O–H groups in total. The van der Waals surface area contributed by atoms with E-state index in [4.69, 9.17) is 25.8 Å². The lowest BCUT2D eigenvalue weighted by Gasteiger charge is -2.11. The van der Waals surface area contributed by atoms with Crippen LogP contribution in [-0.4, -0.2) is 37.7 Å². The Hall–Kier alpha value is -5.41. The van der Waals surface area contributed by atoms with Crippen LogP contribution in [-0.2, 0) is 4.79 Å². The summed E-state index contributed by atoms with van der Waals surface area (Å²) in [7, 11) is 1.46. The van der Waals surface area contributed by atoms with Gasteiger partial charge in [0.05, 0.1) is 25.5 Å². The molecule has 2 amide bonds. The first kappa shape index (κ1) is 30.5. The van der Waals surface area contributed by atoms with Crippen LogP contribution >= 0.6 is 11.6 Å². The van der Waals surface area contributed by atoms with Crippen LogP contribution in [0.15, 0.2) is 102 Å². The highest BCUT2D eigenvalue weighted by atomic mass is 35.5. The molecule has 0 radical (unpaired) electrons. The Bertz CT molecular complexity index is 1670. The molecule has 0 fully saturated rings. The molecule has 0 saturated carbocycles. The minimum absolute atomic E-state index is 0.250. The van der Waals surface area contributed by atoms with Gasteiger partial charge in [-0.2, -0.15) is 5.10 Å². The van der Waals surface area contributed by atoms with Crippen molar-refractivity contribution < 1.29 is 28.6 Å². The molecular weight excluding hydrogens is 570 g/mol. The van der Waals surface area contributed by atoms with Gasteiger partial charge in [0, 0.05) is 22.3 Å². The second-order valence-corrected chi connectivity index (χ2v) is 9.32. The molecule has 43 heavy (non-hydrogen) atoms. The fourth-order valence-electron chi connectivity index (χ4n) is 3.85. The van der Waals surface area contributed by atoms with E-state index in [9.17, 15) is 14.4 Å². The van der Waals surface area contributed by atoms with Gasteiger partial charge in [-0.3, -0.25) is 9.59 Å². The summed E-state index contributed by atoms with van der Waals surface area (Å²) in [6, 6.07) is 25.4. The Morgan fingerprint density at radius 2 is 1.63 bits per heavy atom. The third-order valence-corrected chi connectivity index (χ3v) is 6.09. The van der Waals surface area contributed by atoms with Crippen molar-refractivity contribution in [1.82, 2.24) is 5.43 Å². The predicted octanol–water partition coefficient (Wildman–Crippen LogP) is 6.38. The van der Waals surface area contributed by atoms with E-state index in [-0.39, 0.29) is 16.9 Å². The summed E-state index contributed by atoms with van der Waals surface area (Å²) >= 11 is 6.03. The molecule has 0 aliphatic carbocycles. The Morgan fingerprint density at radius 3 is 2.40 bits per heavy atom. The number of carbonyl (C=O) groups excluding carboxylic acids is 3. The Labute approximate surface area is 253 Å². The number of halogens is 1. The summed E-state index contributed by atoms with van der Waals surface area (Å²) in [5.41, 5.74) is 4.85. The molecule has 0 saturated heterocycles. The number of methoxy groups -OCH3 is 1. The van der Waals surface area contributed by atoms with Crippen molar-refractivity contribution in [1.29, 1.82) is 0 Å². The highest BCUT2D eigenvalue weighted by Crippen LogP contribution is 2.28. The van der Waals surface area contributed by atoms with Crippen molar-refractivity contribution in [2.24, 2.45) is 5.10 Å². The number of esters is 1. The fraction of sp³-hybridized carbons (Fsp3) is 0.0909. The highest BCUT2D eigenvalue weighted by Gasteiger charge is 2.15. The Balaban J connectivity index is 1.38. The van der Waals surface area contributed by atoms with Crippen molar-refractivity contribution in [2.45, 2.75) is 6.92 Å². The second kappa shape index (κ2) is 15.0. The fourth-order valence-corrected chi connectivity index (χ4v) is 4.02. The summed E-state index contributed by atoms with van der Waals surface area (Å²) in [4.78, 5) is 37.9. The smallest absolute Gasteiger partial charge is 0.336 e. The van der Waals surface area contributed by atoms with Crippen molar-refractivity contribution in [3.63, 3.8) is 0 Å². The quantitative estimate of drug-likeness (QED) is 0.0681. The molecule has 4 aromatic carbocycles. The van der Waals surface area contributed by atoms with Gasteiger partial charge in [-0.05, 0) is 78.7 Å². The minimum atomic E-state index is -0.552. The number of anilines is 1. The van der Waals surface area contributed by atoms with Crippen LogP contribution in [0.1, 0.15) is 38.8 Å². The molecule has 0 aliphatic rings. The molecule has 0 aliphatic heterocycles. The first-order chi connectivity index (χ1) is 20.9. The number of ether oxygens (including phenoxy) is 3. The van der Waals surface area contributed by atoms with Crippen LogP contribution < -0.4 is 25.0 Å². The van der Waals surface area contributed by atoms with Gasteiger partial charge >= 0.3 is 5.97 Å². The normalized spacial score (nSPS) is 10.9. The zero-order chi connectivity index (χ0) is 30.6. The second-order valence-electron chi connectivity index (χ2n) is 8.88. The Kier molecular flexibility index (Phi) is 10.7. The molecule has 4 rings (SSSR count). The van der Waals surface area contributed by atoms with Gasteiger partial charge in [0.2, 0.25) is 0 Å². The number of carbonyl (C=O) groups is 3. The van der Waals surface area contributed by atoms with Crippen molar-refractivity contribution in [3.05, 3.63) is 124 Å². The molecule has 9 nitrogen and oxygen atoms in total. The number of hydrogen-bond donors (Lipinski definition) is 2. The summed E-state index contributed by atoms with van der Waals surface area (Å²) in [6.07, 6.45) is 4.43. The minimum Gasteiger partial charge on any atom is -0.496 e. The first-order valence-electron chi connectivity index (χ1n) is 13.2. The zero-order valence-corrected chi connectivity index (χ0v) is 24.1. The summed E-state index contributed by atoms with van der Waals surface area (Å²) in [5.74, 6) is -0.527. The van der Waals surface area contributed by atoms with E-state index in [2.05, 4.69) is 15.8 Å². The maximum Gasteiger partial charge on any atom is 0.336 e. The molecule has 0 bridgehead atoms. The number of hydrazone groups is 1. The molecule has 218 valence electrons. The van der Waals surface area contributed by atoms with Crippen LogP contribution in [0.25, 0.3) is 6.08 Å². The van der Waals surface area contributed by atoms with Crippen LogP contribution in [0, 0.1) is 0 Å². The van der Waals surface area contributed by atoms with Gasteiger partial charge in [0.15, 0.2) is 11.5 Å². The van der Waals surface area contributed by atoms with Gasteiger partial charge in [0.1, 0.15) is 5.75 Å². The SMILES string of the molecule is CCOc1cc(C=NNC(=O)c2cccc(NC(=O)c3cc(Cl)ccc3OC)c2)ccc1OC(=O)/C=C/c1ccccc1. The van der Waals surface area contributed by atoms with Gasteiger partial charge < -0.3 is 19.5 Å². The van der Waals surface area contributed by atoms with Gasteiger partial charge in [-0.1, -0.05) is 48.0 Å². The number of rotatable bonds is 11. The molecule has 4 aromatic rings. The van der Waals surface area contributed by atoms with E-state index in [1.165, 1.54) is 31.5 Å². The number of amides is 2. The topological polar surface area (TPSA) is 115 Å². The highest BCUT2D eigenvalue weighted by molar-refractivity contribution is 6.31. The molecular formula is C33H28ClN3O6. The van der Waals surface area contributed by atoms with E-state index in [0.29, 0.717) is 34.4 Å². The van der Waals surface area contributed by atoms with Crippen molar-refractivity contribution in [3.8, 4) is 17.2 Å². The van der Waals surface area contributed by atoms with Crippen LogP contribution in [0.3, 0.4) is 0 Å². The number of nitrogens with one attached hydrogen (secondary N) is 2. The summed E-state index contributed by atoms with van der Waals surface area (Å²) < 4.78 is 16.3. The monoisotopic (exact) mass is 597 g/mol. The third kappa shape index (κ3) is 8.79. The molecule has 0 atom stereocenters. The summed E-state index contributed by atoms with van der Waals surface area (Å²) in [5, 5.41) is 7.15. The van der Waals surface area contributed by atoms with E-state index in [1.54, 1.807) is 54.6 Å². The third-order valence-electron chi connectivity index (χ3n) is 5.86.